The maximum Gasteiger partial charge on any atom is 0.321 e. The van der Waals surface area contributed by atoms with Gasteiger partial charge in [-0.15, -0.1) is 0 Å². The van der Waals surface area contributed by atoms with Gasteiger partial charge in [0.15, 0.2) is 0 Å². The van der Waals surface area contributed by atoms with E-state index in [0.29, 0.717) is 0 Å². The first-order valence-electron chi connectivity index (χ1n) is 3.70. The van der Waals surface area contributed by atoms with Crippen molar-refractivity contribution in [2.24, 2.45) is 5.92 Å². The minimum Gasteiger partial charge on any atom is -0.480 e. The lowest BCUT2D eigenvalue weighted by Crippen LogP contribution is -2.40. The number of carboxylic acid groups (broad SMARTS) is 1. The van der Waals surface area contributed by atoms with Gasteiger partial charge in [0.05, 0.1) is 0 Å². The number of likely N-dealkylation sites (N-methyl/N-ethyl adjacent to an activating group) is 1. The molecule has 0 aromatic heterocycles. The number of aliphatic hydroxyl groups is 1. The van der Waals surface area contributed by atoms with Gasteiger partial charge in [-0.05, 0) is 7.02 Å². The third-order valence-electron chi connectivity index (χ3n) is 1.34. The van der Waals surface area contributed by atoms with Crippen molar-refractivity contribution in [2.75, 3.05) is 13.6 Å². The van der Waals surface area contributed by atoms with Crippen molar-refractivity contribution < 1.29 is 16.4 Å². The van der Waals surface area contributed by atoms with Gasteiger partial charge >= 0.3 is 5.97 Å². The molecule has 0 aromatic rings. The number of hydrogen-bond donors (Lipinski definition) is 3. The topological polar surface area (TPSA) is 69.6 Å². The first kappa shape index (κ1) is 7.50. The smallest absolute Gasteiger partial charge is 0.321 e. The van der Waals surface area contributed by atoms with Crippen molar-refractivity contribution in [1.82, 2.24) is 5.32 Å². The molecule has 0 saturated carbocycles. The molecular formula is C6H13NO3. The van der Waals surface area contributed by atoms with Gasteiger partial charge in [0.2, 0.25) is 0 Å². The van der Waals surface area contributed by atoms with E-state index in [1.807, 2.05) is 0 Å². The van der Waals surface area contributed by atoms with Gasteiger partial charge in [-0.3, -0.25) is 4.79 Å². The molecule has 3 N–H and O–H groups in total. The van der Waals surface area contributed by atoms with Crippen LogP contribution in [0.2, 0.25) is 0 Å². The highest BCUT2D eigenvalue weighted by Gasteiger charge is 2.21. The minimum absolute atomic E-state index is 0.151. The quantitative estimate of drug-likeness (QED) is 0.492. The lowest BCUT2D eigenvalue weighted by Gasteiger charge is -2.16. The summed E-state index contributed by atoms with van der Waals surface area (Å²) in [7, 11) is -0.151. The molecule has 0 aliphatic heterocycles. The lowest BCUT2D eigenvalue weighted by atomic mass is 10.0. The van der Waals surface area contributed by atoms with Crippen LogP contribution >= 0.6 is 0 Å². The Labute approximate surface area is 61.3 Å². The third-order valence-corrected chi connectivity index (χ3v) is 1.34. The molecule has 1 unspecified atom stereocenters. The van der Waals surface area contributed by atoms with E-state index in [4.69, 9.17) is 11.6 Å². The molecule has 0 amide bonds. The number of hydrogen-bond acceptors (Lipinski definition) is 3. The molecule has 0 aromatic carbocycles. The zero-order chi connectivity index (χ0) is 8.85. The van der Waals surface area contributed by atoms with E-state index in [9.17, 15) is 4.79 Å². The van der Waals surface area contributed by atoms with Crippen LogP contribution in [0.15, 0.2) is 0 Å². The second-order valence-electron chi connectivity index (χ2n) is 2.18. The number of rotatable bonds is 4. The second kappa shape index (κ2) is 4.24. The molecule has 0 fully saturated rings. The Hall–Kier alpha value is -0.610. The average molecular weight is 148 g/mol. The Morgan fingerprint density at radius 1 is 1.90 bits per heavy atom. The highest BCUT2D eigenvalue weighted by molar-refractivity contribution is 5.73. The first-order valence-corrected chi connectivity index (χ1v) is 2.99. The van der Waals surface area contributed by atoms with Crippen molar-refractivity contribution in [3.05, 3.63) is 0 Å². The van der Waals surface area contributed by atoms with Gasteiger partial charge in [0.25, 0.3) is 0 Å². The van der Waals surface area contributed by atoms with Crippen LogP contribution in [0, 0.1) is 5.92 Å². The van der Waals surface area contributed by atoms with Crippen LogP contribution in [-0.4, -0.2) is 35.9 Å². The summed E-state index contributed by atoms with van der Waals surface area (Å²) >= 11 is 0. The van der Waals surface area contributed by atoms with Crippen LogP contribution in [0.3, 0.4) is 0 Å². The molecule has 2 atom stereocenters. The molecule has 4 nitrogen and oxygen atoms in total. The van der Waals surface area contributed by atoms with Crippen LogP contribution in [0.1, 0.15) is 8.29 Å². The van der Waals surface area contributed by atoms with E-state index in [2.05, 4.69) is 5.32 Å². The zero-order valence-electron chi connectivity index (χ0n) is 6.87. The third kappa shape index (κ3) is 2.33. The Kier molecular flexibility index (Phi) is 3.18. The van der Waals surface area contributed by atoms with Crippen molar-refractivity contribution in [3.63, 3.8) is 0 Å². The molecule has 10 heavy (non-hydrogen) atoms. The van der Waals surface area contributed by atoms with Crippen molar-refractivity contribution in [1.29, 1.82) is 0 Å². The molecule has 0 radical (unpaired) electrons. The Bertz CT molecular complexity index is 131. The van der Waals surface area contributed by atoms with E-state index in [1.54, 1.807) is 6.92 Å². The molecule has 0 heterocycles. The zero-order valence-corrected chi connectivity index (χ0v) is 5.87. The molecule has 0 aliphatic carbocycles. The van der Waals surface area contributed by atoms with E-state index >= 15 is 0 Å². The van der Waals surface area contributed by atoms with Crippen LogP contribution < -0.4 is 5.32 Å². The molecule has 4 heteroatoms. The van der Waals surface area contributed by atoms with Gasteiger partial charge in [0, 0.05) is 13.9 Å². The largest absolute Gasteiger partial charge is 0.480 e. The van der Waals surface area contributed by atoms with Crippen molar-refractivity contribution in [3.8, 4) is 0 Å². The predicted octanol–water partition coefficient (Wildman–Crippen LogP) is -0.713. The van der Waals surface area contributed by atoms with Gasteiger partial charge in [0.1, 0.15) is 6.04 Å². The van der Waals surface area contributed by atoms with E-state index in [-0.39, 0.29) is 19.5 Å². The van der Waals surface area contributed by atoms with Gasteiger partial charge in [-0.25, -0.2) is 0 Å². The van der Waals surface area contributed by atoms with E-state index < -0.39 is 12.0 Å². The molecule has 0 aliphatic rings. The van der Waals surface area contributed by atoms with Gasteiger partial charge in [-0.2, -0.15) is 0 Å². The van der Waals surface area contributed by atoms with Crippen molar-refractivity contribution >= 4 is 5.97 Å². The number of nitrogens with one attached hydrogen (secondary N) is 1. The Morgan fingerprint density at radius 2 is 2.50 bits per heavy atom. The summed E-state index contributed by atoms with van der Waals surface area (Å²) in [6.45, 7) is 1.42. The summed E-state index contributed by atoms with van der Waals surface area (Å²) in [5.41, 5.74) is 0. The maximum atomic E-state index is 10.4. The molecule has 60 valence electrons. The molecule has 0 rings (SSSR count). The summed E-state index contributed by atoms with van der Waals surface area (Å²) in [5, 5.41) is 19.6. The summed E-state index contributed by atoms with van der Waals surface area (Å²) in [6.07, 6.45) is 0. The Balaban J connectivity index is 3.97. The first-order chi connectivity index (χ1) is 5.13. The fraction of sp³-hybridized carbons (Fsp3) is 0.833. The Morgan fingerprint density at radius 3 is 2.80 bits per heavy atom. The molecule has 0 bridgehead atoms. The second-order valence-corrected chi connectivity index (χ2v) is 2.18. The fourth-order valence-corrected chi connectivity index (χ4v) is 0.637. The van der Waals surface area contributed by atoms with Crippen LogP contribution in [0.4, 0.5) is 0 Å². The predicted molar refractivity (Wildman–Crippen MR) is 36.7 cm³/mol. The number of aliphatic hydroxyl groups excluding tert-OH is 1. The van der Waals surface area contributed by atoms with E-state index in [0.717, 1.165) is 0 Å². The average Bonchev–Trinajstić information content (AvgIpc) is 1.98. The molecule has 0 saturated heterocycles. The normalized spacial score (nSPS) is 17.6. The standard InChI is InChI=1S/C6H13NO3/c1-4(3-8)5(7-2)6(9)10/h4-5,7-8H,3H2,1-2H3,(H,9,10)/t4?,5-/m0/s1/i2D. The highest BCUT2D eigenvalue weighted by atomic mass is 16.4. The monoisotopic (exact) mass is 148 g/mol. The minimum atomic E-state index is -1.03. The number of carbonyl (C=O) groups is 1. The van der Waals surface area contributed by atoms with Crippen LogP contribution in [-0.2, 0) is 4.79 Å². The van der Waals surface area contributed by atoms with Crippen molar-refractivity contribution in [2.45, 2.75) is 13.0 Å². The highest BCUT2D eigenvalue weighted by Crippen LogP contribution is 2.00. The van der Waals surface area contributed by atoms with Crippen LogP contribution in [0.25, 0.3) is 0 Å². The summed E-state index contributed by atoms with van der Waals surface area (Å²) < 4.78 is 6.74. The SMILES string of the molecule is [2H]CN[C@H](C(=O)O)C(C)CO. The molecule has 0 spiro atoms. The molecular weight excluding hydrogens is 134 g/mol. The van der Waals surface area contributed by atoms with E-state index in [1.165, 1.54) is 0 Å². The van der Waals surface area contributed by atoms with Crippen LogP contribution in [0.5, 0.6) is 0 Å². The fourth-order valence-electron chi connectivity index (χ4n) is 0.637. The lowest BCUT2D eigenvalue weighted by molar-refractivity contribution is -0.141. The summed E-state index contributed by atoms with van der Waals surface area (Å²) in [4.78, 5) is 10.4. The number of aliphatic carboxylic acids is 1. The van der Waals surface area contributed by atoms with Gasteiger partial charge < -0.3 is 15.5 Å². The maximum absolute atomic E-state index is 10.4. The van der Waals surface area contributed by atoms with Gasteiger partial charge in [-0.1, -0.05) is 6.92 Å². The summed E-state index contributed by atoms with van der Waals surface area (Å²) in [5.74, 6) is -1.39. The number of carboxylic acids is 1. The summed E-state index contributed by atoms with van der Waals surface area (Å²) in [6, 6.07) is -0.822.